The van der Waals surface area contributed by atoms with E-state index in [1.54, 1.807) is 60.7 Å². The minimum absolute atomic E-state index is 0.0921. The van der Waals surface area contributed by atoms with Crippen LogP contribution in [0.3, 0.4) is 0 Å². The molecule has 1 aliphatic rings. The van der Waals surface area contributed by atoms with Crippen LogP contribution in [0.2, 0.25) is 10.0 Å². The molecular formula is C23H11Br2Cl2NO4. The first-order valence-electron chi connectivity index (χ1n) is 9.06. The van der Waals surface area contributed by atoms with Gasteiger partial charge in [-0.15, -0.1) is 0 Å². The molecule has 1 heterocycles. The number of carbonyl (C=O) groups is 2. The van der Waals surface area contributed by atoms with E-state index in [0.717, 1.165) is 0 Å². The Bertz CT molecular complexity index is 1280. The zero-order valence-electron chi connectivity index (χ0n) is 15.9. The summed E-state index contributed by atoms with van der Waals surface area (Å²) >= 11 is 18.9. The maximum atomic E-state index is 12.4. The van der Waals surface area contributed by atoms with E-state index >= 15 is 0 Å². The first kappa shape index (κ1) is 22.7. The standard InChI is InChI=1S/C23H11Br2Cl2NO4/c24-16-8-12(9-17(25)20(16)31-22(29)13-4-2-1-3-5-13)10-19-23(30)32-21(28-19)15-7-6-14(26)11-18(15)27/h1-11H/b19-10-. The molecule has 0 spiro atoms. The van der Waals surface area contributed by atoms with Crippen LogP contribution in [-0.4, -0.2) is 17.8 Å². The molecule has 9 heteroatoms. The van der Waals surface area contributed by atoms with Gasteiger partial charge in [0, 0.05) is 5.02 Å². The molecule has 0 saturated carbocycles. The van der Waals surface area contributed by atoms with Gasteiger partial charge in [0.15, 0.2) is 11.4 Å². The van der Waals surface area contributed by atoms with Crippen molar-refractivity contribution in [3.05, 3.63) is 102 Å². The second kappa shape index (κ2) is 9.58. The van der Waals surface area contributed by atoms with Crippen LogP contribution >= 0.6 is 55.1 Å². The molecule has 0 radical (unpaired) electrons. The van der Waals surface area contributed by atoms with Gasteiger partial charge in [0.1, 0.15) is 0 Å². The molecule has 1 aliphatic heterocycles. The molecule has 0 bridgehead atoms. The Kier molecular flexibility index (Phi) is 6.81. The van der Waals surface area contributed by atoms with Crippen molar-refractivity contribution >= 4 is 79.0 Å². The van der Waals surface area contributed by atoms with E-state index in [4.69, 9.17) is 32.7 Å². The van der Waals surface area contributed by atoms with Gasteiger partial charge < -0.3 is 9.47 Å². The van der Waals surface area contributed by atoms with Gasteiger partial charge in [0.2, 0.25) is 5.90 Å². The Labute approximate surface area is 209 Å². The van der Waals surface area contributed by atoms with Gasteiger partial charge in [-0.25, -0.2) is 14.6 Å². The molecule has 0 saturated heterocycles. The van der Waals surface area contributed by atoms with Crippen molar-refractivity contribution in [2.24, 2.45) is 4.99 Å². The quantitative estimate of drug-likeness (QED) is 0.184. The lowest BCUT2D eigenvalue weighted by molar-refractivity contribution is -0.129. The fourth-order valence-corrected chi connectivity index (χ4v) is 4.70. The Morgan fingerprint density at radius 2 is 1.69 bits per heavy atom. The number of benzene rings is 3. The normalized spacial score (nSPS) is 14.3. The minimum Gasteiger partial charge on any atom is -0.421 e. The second-order valence-electron chi connectivity index (χ2n) is 6.53. The molecule has 0 atom stereocenters. The summed E-state index contributed by atoms with van der Waals surface area (Å²) < 4.78 is 11.8. The molecule has 0 amide bonds. The minimum atomic E-state index is -0.613. The summed E-state index contributed by atoms with van der Waals surface area (Å²) in [6.07, 6.45) is 1.55. The van der Waals surface area contributed by atoms with Gasteiger partial charge >= 0.3 is 11.9 Å². The van der Waals surface area contributed by atoms with Gasteiger partial charge in [0.25, 0.3) is 0 Å². The number of nitrogens with zero attached hydrogens (tertiary/aromatic N) is 1. The highest BCUT2D eigenvalue weighted by atomic mass is 79.9. The predicted molar refractivity (Wildman–Crippen MR) is 130 cm³/mol. The van der Waals surface area contributed by atoms with Crippen LogP contribution < -0.4 is 4.74 Å². The van der Waals surface area contributed by atoms with E-state index in [1.807, 2.05) is 6.07 Å². The Morgan fingerprint density at radius 3 is 2.34 bits per heavy atom. The average Bonchev–Trinajstić information content (AvgIpc) is 3.11. The lowest BCUT2D eigenvalue weighted by Crippen LogP contribution is -2.09. The van der Waals surface area contributed by atoms with Crippen LogP contribution in [0.25, 0.3) is 6.08 Å². The molecule has 5 nitrogen and oxygen atoms in total. The van der Waals surface area contributed by atoms with Gasteiger partial charge in [-0.2, -0.15) is 0 Å². The highest BCUT2D eigenvalue weighted by molar-refractivity contribution is 9.11. The van der Waals surface area contributed by atoms with E-state index in [-0.39, 0.29) is 11.6 Å². The highest BCUT2D eigenvalue weighted by Crippen LogP contribution is 2.36. The first-order chi connectivity index (χ1) is 15.3. The van der Waals surface area contributed by atoms with Crippen molar-refractivity contribution in [1.29, 1.82) is 0 Å². The summed E-state index contributed by atoms with van der Waals surface area (Å²) in [5, 5.41) is 0.780. The summed E-state index contributed by atoms with van der Waals surface area (Å²) in [4.78, 5) is 28.9. The third kappa shape index (κ3) is 4.96. The molecule has 3 aromatic carbocycles. The fourth-order valence-electron chi connectivity index (χ4n) is 2.83. The van der Waals surface area contributed by atoms with E-state index in [1.165, 1.54) is 0 Å². The van der Waals surface area contributed by atoms with Gasteiger partial charge in [-0.3, -0.25) is 0 Å². The summed E-state index contributed by atoms with van der Waals surface area (Å²) in [5.41, 5.74) is 1.61. The number of esters is 2. The van der Waals surface area contributed by atoms with Gasteiger partial charge in [-0.1, -0.05) is 41.4 Å². The van der Waals surface area contributed by atoms with Crippen molar-refractivity contribution in [3.63, 3.8) is 0 Å². The topological polar surface area (TPSA) is 65.0 Å². The molecule has 0 aliphatic carbocycles. The van der Waals surface area contributed by atoms with Crippen LogP contribution in [0, 0.1) is 0 Å². The summed E-state index contributed by atoms with van der Waals surface area (Å²) in [6.45, 7) is 0. The summed E-state index contributed by atoms with van der Waals surface area (Å²) in [6, 6.07) is 16.8. The molecule has 0 fully saturated rings. The predicted octanol–water partition coefficient (Wildman–Crippen LogP) is 7.08. The number of hydrogen-bond acceptors (Lipinski definition) is 5. The van der Waals surface area contributed by atoms with E-state index in [9.17, 15) is 9.59 Å². The van der Waals surface area contributed by atoms with Crippen LogP contribution in [0.15, 0.2) is 80.3 Å². The summed E-state index contributed by atoms with van der Waals surface area (Å²) in [5.74, 6) is -0.703. The number of ether oxygens (including phenoxy) is 2. The van der Waals surface area contributed by atoms with E-state index in [2.05, 4.69) is 36.9 Å². The van der Waals surface area contributed by atoms with Crippen molar-refractivity contribution in [1.82, 2.24) is 0 Å². The molecule has 32 heavy (non-hydrogen) atoms. The molecule has 4 rings (SSSR count). The van der Waals surface area contributed by atoms with Crippen molar-refractivity contribution in [3.8, 4) is 5.75 Å². The number of rotatable bonds is 4. The molecule has 0 unspecified atom stereocenters. The maximum Gasteiger partial charge on any atom is 0.363 e. The number of aliphatic imine (C=N–C) groups is 1. The molecule has 0 N–H and O–H groups in total. The van der Waals surface area contributed by atoms with E-state index < -0.39 is 11.9 Å². The zero-order valence-corrected chi connectivity index (χ0v) is 20.6. The van der Waals surface area contributed by atoms with Crippen molar-refractivity contribution in [2.75, 3.05) is 0 Å². The number of carbonyl (C=O) groups excluding carboxylic acids is 2. The lowest BCUT2D eigenvalue weighted by atomic mass is 10.2. The Hall–Kier alpha value is -2.45. The monoisotopic (exact) mass is 593 g/mol. The smallest absolute Gasteiger partial charge is 0.363 e. The molecule has 3 aromatic rings. The Balaban J connectivity index is 1.61. The van der Waals surface area contributed by atoms with Crippen molar-refractivity contribution < 1.29 is 19.1 Å². The molecule has 160 valence electrons. The Morgan fingerprint density at radius 1 is 1.00 bits per heavy atom. The molecular weight excluding hydrogens is 585 g/mol. The van der Waals surface area contributed by atoms with E-state index in [0.29, 0.717) is 41.4 Å². The van der Waals surface area contributed by atoms with Crippen LogP contribution in [-0.2, 0) is 9.53 Å². The number of halogens is 4. The lowest BCUT2D eigenvalue weighted by Gasteiger charge is -2.10. The SMILES string of the molecule is O=C1OC(c2ccc(Cl)cc2Cl)=N/C1=C\c1cc(Br)c(OC(=O)c2ccccc2)c(Br)c1. The van der Waals surface area contributed by atoms with Gasteiger partial charge in [0.05, 0.1) is 25.1 Å². The molecule has 0 aromatic heterocycles. The largest absolute Gasteiger partial charge is 0.421 e. The number of cyclic esters (lactones) is 1. The highest BCUT2D eigenvalue weighted by Gasteiger charge is 2.26. The average molecular weight is 596 g/mol. The van der Waals surface area contributed by atoms with Crippen LogP contribution in [0.4, 0.5) is 0 Å². The maximum absolute atomic E-state index is 12.4. The number of hydrogen-bond donors (Lipinski definition) is 0. The third-order valence-corrected chi connectivity index (χ3v) is 6.04. The fraction of sp³-hybridized carbons (Fsp3) is 0. The summed E-state index contributed by atoms with van der Waals surface area (Å²) in [7, 11) is 0. The van der Waals surface area contributed by atoms with Crippen LogP contribution in [0.1, 0.15) is 21.5 Å². The third-order valence-electron chi connectivity index (χ3n) is 4.31. The van der Waals surface area contributed by atoms with Crippen LogP contribution in [0.5, 0.6) is 5.75 Å². The zero-order chi connectivity index (χ0) is 22.8. The van der Waals surface area contributed by atoms with Gasteiger partial charge in [-0.05, 0) is 86.0 Å². The second-order valence-corrected chi connectivity index (χ2v) is 9.08. The first-order valence-corrected chi connectivity index (χ1v) is 11.4. The van der Waals surface area contributed by atoms with Crippen molar-refractivity contribution in [2.45, 2.75) is 0 Å².